The molecule has 7 nitrogen and oxygen atoms in total. The highest BCUT2D eigenvalue weighted by Gasteiger charge is 2.18. The first kappa shape index (κ1) is 13.7. The Labute approximate surface area is 114 Å². The summed E-state index contributed by atoms with van der Waals surface area (Å²) in [5.74, 6) is -0.951. The number of carboxylic acid groups (broad SMARTS) is 1. The summed E-state index contributed by atoms with van der Waals surface area (Å²) in [7, 11) is 0. The fourth-order valence-electron chi connectivity index (χ4n) is 2.12. The monoisotopic (exact) mass is 275 g/mol. The first-order valence-corrected chi connectivity index (χ1v) is 6.02. The van der Waals surface area contributed by atoms with Crippen LogP contribution in [0.5, 0.6) is 0 Å². The van der Waals surface area contributed by atoms with Crippen molar-refractivity contribution in [2.75, 3.05) is 18.0 Å². The number of anilines is 1. The molecule has 0 aliphatic heterocycles. The van der Waals surface area contributed by atoms with Crippen LogP contribution in [0.3, 0.4) is 0 Å². The summed E-state index contributed by atoms with van der Waals surface area (Å²) < 4.78 is 0. The van der Waals surface area contributed by atoms with Crippen LogP contribution < -0.4 is 4.90 Å². The van der Waals surface area contributed by atoms with E-state index in [0.29, 0.717) is 23.0 Å². The molecule has 104 valence electrons. The molecule has 0 aliphatic rings. The van der Waals surface area contributed by atoms with E-state index in [1.54, 1.807) is 17.0 Å². The number of fused-ring (bicyclic) bond motifs is 1. The van der Waals surface area contributed by atoms with Crippen LogP contribution in [0.25, 0.3) is 10.8 Å². The van der Waals surface area contributed by atoms with Gasteiger partial charge in [0.25, 0.3) is 5.69 Å². The lowest BCUT2D eigenvalue weighted by atomic mass is 10.1. The Kier molecular flexibility index (Phi) is 3.79. The quantitative estimate of drug-likeness (QED) is 0.662. The summed E-state index contributed by atoms with van der Waals surface area (Å²) in [5.41, 5.74) is 0.612. The number of aromatic nitrogens is 1. The van der Waals surface area contributed by atoms with Crippen LogP contribution in [-0.2, 0) is 4.79 Å². The van der Waals surface area contributed by atoms with Crippen LogP contribution in [0.4, 0.5) is 11.4 Å². The third-order valence-corrected chi connectivity index (χ3v) is 3.02. The molecule has 0 amide bonds. The van der Waals surface area contributed by atoms with Crippen molar-refractivity contribution in [3.8, 4) is 0 Å². The number of carboxylic acids is 1. The van der Waals surface area contributed by atoms with Gasteiger partial charge in [-0.1, -0.05) is 0 Å². The lowest BCUT2D eigenvalue weighted by molar-refractivity contribution is -0.383. The molecule has 0 spiro atoms. The molecule has 1 N–H and O–H groups in total. The van der Waals surface area contributed by atoms with Crippen LogP contribution in [0.15, 0.2) is 30.6 Å². The zero-order valence-electron chi connectivity index (χ0n) is 10.8. The van der Waals surface area contributed by atoms with Crippen molar-refractivity contribution in [1.29, 1.82) is 0 Å². The number of aliphatic carboxylic acids is 1. The van der Waals surface area contributed by atoms with Crippen LogP contribution in [0, 0.1) is 10.1 Å². The van der Waals surface area contributed by atoms with Gasteiger partial charge in [0.05, 0.1) is 10.3 Å². The number of nitro groups is 1. The summed E-state index contributed by atoms with van der Waals surface area (Å²) >= 11 is 0. The summed E-state index contributed by atoms with van der Waals surface area (Å²) in [6.07, 6.45) is 2.95. The van der Waals surface area contributed by atoms with Gasteiger partial charge in [-0.05, 0) is 19.1 Å². The SMILES string of the molecule is CCN(CC(=O)O)c1ccc([N+](=O)[O-])c2cnccc12. The molecule has 1 heterocycles. The van der Waals surface area contributed by atoms with Crippen molar-refractivity contribution in [2.24, 2.45) is 0 Å². The molecule has 2 aromatic rings. The minimum absolute atomic E-state index is 0.0387. The van der Waals surface area contributed by atoms with Crippen LogP contribution in [0.2, 0.25) is 0 Å². The maximum Gasteiger partial charge on any atom is 0.323 e. The zero-order valence-corrected chi connectivity index (χ0v) is 10.8. The summed E-state index contributed by atoms with van der Waals surface area (Å²) in [5, 5.41) is 21.0. The summed E-state index contributed by atoms with van der Waals surface area (Å²) in [6, 6.07) is 4.61. The number of nitro benzene ring substituents is 1. The minimum Gasteiger partial charge on any atom is -0.480 e. The Bertz CT molecular complexity index is 672. The van der Waals surface area contributed by atoms with E-state index >= 15 is 0 Å². The minimum atomic E-state index is -0.951. The van der Waals surface area contributed by atoms with Crippen molar-refractivity contribution >= 4 is 28.1 Å². The standard InChI is InChI=1S/C13H13N3O4/c1-2-15(8-13(17)18)11-3-4-12(16(19)20)10-7-14-6-5-9(10)11/h3-7H,2,8H2,1H3,(H,17,18). The number of non-ortho nitro benzene ring substituents is 1. The van der Waals surface area contributed by atoms with Gasteiger partial charge in [-0.3, -0.25) is 19.9 Å². The molecule has 0 atom stereocenters. The van der Waals surface area contributed by atoms with E-state index in [1.165, 1.54) is 18.5 Å². The molecule has 7 heteroatoms. The molecule has 20 heavy (non-hydrogen) atoms. The van der Waals surface area contributed by atoms with Gasteiger partial charge in [0.2, 0.25) is 0 Å². The third-order valence-electron chi connectivity index (χ3n) is 3.02. The van der Waals surface area contributed by atoms with Gasteiger partial charge in [0, 0.05) is 36.1 Å². The molecule has 2 rings (SSSR count). The van der Waals surface area contributed by atoms with E-state index in [0.717, 1.165) is 0 Å². The topological polar surface area (TPSA) is 96.6 Å². The van der Waals surface area contributed by atoms with Crippen LogP contribution in [0.1, 0.15) is 6.92 Å². The number of likely N-dealkylation sites (N-methyl/N-ethyl adjacent to an activating group) is 1. The molecule has 0 radical (unpaired) electrons. The van der Waals surface area contributed by atoms with Gasteiger partial charge < -0.3 is 10.0 Å². The van der Waals surface area contributed by atoms with Gasteiger partial charge >= 0.3 is 5.97 Å². The highest BCUT2D eigenvalue weighted by atomic mass is 16.6. The average Bonchev–Trinajstić information content (AvgIpc) is 2.43. The van der Waals surface area contributed by atoms with Crippen molar-refractivity contribution in [2.45, 2.75) is 6.92 Å². The molecular weight excluding hydrogens is 262 g/mol. The number of hydrogen-bond acceptors (Lipinski definition) is 5. The summed E-state index contributed by atoms with van der Waals surface area (Å²) in [6.45, 7) is 2.16. The zero-order chi connectivity index (χ0) is 14.7. The van der Waals surface area contributed by atoms with Crippen molar-refractivity contribution in [3.63, 3.8) is 0 Å². The Morgan fingerprint density at radius 2 is 2.15 bits per heavy atom. The second-order valence-electron chi connectivity index (χ2n) is 4.19. The maximum atomic E-state index is 11.0. The maximum absolute atomic E-state index is 11.0. The first-order valence-electron chi connectivity index (χ1n) is 6.02. The molecule has 0 unspecified atom stereocenters. The number of benzene rings is 1. The van der Waals surface area contributed by atoms with E-state index < -0.39 is 10.9 Å². The third kappa shape index (κ3) is 2.51. The fourth-order valence-corrected chi connectivity index (χ4v) is 2.12. The van der Waals surface area contributed by atoms with Gasteiger partial charge in [0.1, 0.15) is 6.54 Å². The van der Waals surface area contributed by atoms with Gasteiger partial charge in [-0.15, -0.1) is 0 Å². The number of hydrogen-bond donors (Lipinski definition) is 1. The largest absolute Gasteiger partial charge is 0.480 e. The fraction of sp³-hybridized carbons (Fsp3) is 0.231. The molecular formula is C13H13N3O4. The lowest BCUT2D eigenvalue weighted by Gasteiger charge is -2.22. The molecule has 0 fully saturated rings. The predicted molar refractivity (Wildman–Crippen MR) is 73.9 cm³/mol. The Morgan fingerprint density at radius 1 is 1.40 bits per heavy atom. The number of nitrogens with zero attached hydrogens (tertiary/aromatic N) is 3. The average molecular weight is 275 g/mol. The number of rotatable bonds is 5. The van der Waals surface area contributed by atoms with Crippen molar-refractivity contribution in [3.05, 3.63) is 40.7 Å². The van der Waals surface area contributed by atoms with Crippen LogP contribution >= 0.6 is 0 Å². The molecule has 0 bridgehead atoms. The number of pyridine rings is 1. The molecule has 1 aromatic heterocycles. The second kappa shape index (κ2) is 5.52. The van der Waals surface area contributed by atoms with Gasteiger partial charge in [-0.2, -0.15) is 0 Å². The Balaban J connectivity index is 2.63. The molecule has 0 aliphatic carbocycles. The van der Waals surface area contributed by atoms with Gasteiger partial charge in [-0.25, -0.2) is 0 Å². The van der Waals surface area contributed by atoms with Crippen LogP contribution in [-0.4, -0.2) is 34.1 Å². The van der Waals surface area contributed by atoms with E-state index in [4.69, 9.17) is 5.11 Å². The Morgan fingerprint density at radius 3 is 2.75 bits per heavy atom. The second-order valence-corrected chi connectivity index (χ2v) is 4.19. The highest BCUT2D eigenvalue weighted by molar-refractivity contribution is 6.00. The van der Waals surface area contributed by atoms with E-state index in [-0.39, 0.29) is 12.2 Å². The van der Waals surface area contributed by atoms with E-state index in [9.17, 15) is 14.9 Å². The van der Waals surface area contributed by atoms with E-state index in [2.05, 4.69) is 4.98 Å². The molecule has 1 aromatic carbocycles. The smallest absolute Gasteiger partial charge is 0.323 e. The summed E-state index contributed by atoms with van der Waals surface area (Å²) in [4.78, 5) is 27.0. The van der Waals surface area contributed by atoms with E-state index in [1.807, 2.05) is 6.92 Å². The van der Waals surface area contributed by atoms with Crippen molar-refractivity contribution < 1.29 is 14.8 Å². The number of carbonyl (C=O) groups is 1. The van der Waals surface area contributed by atoms with Crippen molar-refractivity contribution in [1.82, 2.24) is 4.98 Å². The Hall–Kier alpha value is -2.70. The molecule has 0 saturated heterocycles. The predicted octanol–water partition coefficient (Wildman–Crippen LogP) is 2.05. The first-order chi connectivity index (χ1) is 9.54. The van der Waals surface area contributed by atoms with Gasteiger partial charge in [0.15, 0.2) is 0 Å². The normalized spacial score (nSPS) is 10.4. The molecule has 0 saturated carbocycles. The highest BCUT2D eigenvalue weighted by Crippen LogP contribution is 2.32. The lowest BCUT2D eigenvalue weighted by Crippen LogP contribution is -2.29.